The average molecular weight is 351 g/mol. The second-order valence-corrected chi connectivity index (χ2v) is 6.20. The van der Waals surface area contributed by atoms with E-state index < -0.39 is 46.7 Å². The number of carbonyl (C=O) groups excluding carboxylic acids is 1. The van der Waals surface area contributed by atoms with Crippen molar-refractivity contribution in [2.24, 2.45) is 0 Å². The Kier molecular flexibility index (Phi) is 5.06. The third-order valence-electron chi connectivity index (χ3n) is 4.64. The van der Waals surface area contributed by atoms with Crippen LogP contribution in [0.15, 0.2) is 36.4 Å². The number of nitrogens with one attached hydrogen (secondary N) is 1. The van der Waals surface area contributed by atoms with Crippen molar-refractivity contribution < 1.29 is 22.4 Å². The van der Waals surface area contributed by atoms with Gasteiger partial charge in [0.15, 0.2) is 0 Å². The molecular formula is C19H17F4NO. The number of benzene rings is 2. The predicted octanol–water partition coefficient (Wildman–Crippen LogP) is 4.70. The molecular weight excluding hydrogens is 334 g/mol. The minimum atomic E-state index is -0.970. The second kappa shape index (κ2) is 7.25. The van der Waals surface area contributed by atoms with E-state index in [2.05, 4.69) is 5.32 Å². The van der Waals surface area contributed by atoms with Crippen LogP contribution in [-0.2, 0) is 0 Å². The summed E-state index contributed by atoms with van der Waals surface area (Å²) in [4.78, 5) is 12.3. The fraction of sp³-hybridized carbons (Fsp3) is 0.316. The van der Waals surface area contributed by atoms with Crippen molar-refractivity contribution in [1.82, 2.24) is 5.32 Å². The molecule has 2 aromatic carbocycles. The number of carbonyl (C=O) groups is 1. The van der Waals surface area contributed by atoms with Crippen LogP contribution in [0.2, 0.25) is 0 Å². The number of hydrogen-bond donors (Lipinski definition) is 1. The summed E-state index contributed by atoms with van der Waals surface area (Å²) in [5, 5.41) is 2.57. The molecule has 1 amide bonds. The Morgan fingerprint density at radius 3 is 1.96 bits per heavy atom. The minimum Gasteiger partial charge on any atom is -0.349 e. The van der Waals surface area contributed by atoms with E-state index in [9.17, 15) is 22.4 Å². The molecule has 6 heteroatoms. The highest BCUT2D eigenvalue weighted by Crippen LogP contribution is 2.36. The molecule has 1 aliphatic rings. The molecule has 0 aromatic heterocycles. The summed E-state index contributed by atoms with van der Waals surface area (Å²) in [6, 6.07) is 6.18. The Balaban J connectivity index is 1.88. The lowest BCUT2D eigenvalue weighted by atomic mass is 9.79. The summed E-state index contributed by atoms with van der Waals surface area (Å²) in [6.45, 7) is 0. The van der Waals surface area contributed by atoms with E-state index in [-0.39, 0.29) is 5.56 Å². The van der Waals surface area contributed by atoms with Gasteiger partial charge in [-0.3, -0.25) is 4.79 Å². The van der Waals surface area contributed by atoms with Crippen LogP contribution >= 0.6 is 0 Å². The van der Waals surface area contributed by atoms with Gasteiger partial charge in [-0.25, -0.2) is 17.6 Å². The molecule has 0 unspecified atom stereocenters. The van der Waals surface area contributed by atoms with E-state index in [1.54, 1.807) is 0 Å². The van der Waals surface area contributed by atoms with Crippen molar-refractivity contribution in [3.8, 4) is 0 Å². The molecule has 2 nitrogen and oxygen atoms in total. The summed E-state index contributed by atoms with van der Waals surface area (Å²) < 4.78 is 55.8. The van der Waals surface area contributed by atoms with Gasteiger partial charge in [0.2, 0.25) is 0 Å². The quantitative estimate of drug-likeness (QED) is 0.798. The third kappa shape index (κ3) is 3.52. The van der Waals surface area contributed by atoms with Crippen LogP contribution in [0.1, 0.15) is 47.5 Å². The van der Waals surface area contributed by atoms with Gasteiger partial charge in [-0.1, -0.05) is 25.0 Å². The number of hydrogen-bond acceptors (Lipinski definition) is 1. The second-order valence-electron chi connectivity index (χ2n) is 6.20. The van der Waals surface area contributed by atoms with Crippen LogP contribution < -0.4 is 5.32 Å². The Labute approximate surface area is 142 Å². The van der Waals surface area contributed by atoms with Gasteiger partial charge in [0, 0.05) is 17.5 Å². The maximum Gasteiger partial charge on any atom is 0.257 e. The molecule has 0 heterocycles. The first-order chi connectivity index (χ1) is 12.0. The lowest BCUT2D eigenvalue weighted by Crippen LogP contribution is -2.42. The van der Waals surface area contributed by atoms with Crippen LogP contribution in [-0.4, -0.2) is 11.9 Å². The molecule has 0 radical (unpaired) electrons. The fourth-order valence-electron chi connectivity index (χ4n) is 3.47. The Hall–Kier alpha value is -2.37. The van der Waals surface area contributed by atoms with Gasteiger partial charge >= 0.3 is 0 Å². The standard InChI is InChI=1S/C19H17F4NO/c20-12-6-3-7-13(21)17(12)11-5-1-2-10-16(11)24-19(25)18-14(22)8-4-9-15(18)23/h3-4,6-9,11,16H,1-2,5,10H2,(H,24,25)/t11-,16-/m1/s1. The largest absolute Gasteiger partial charge is 0.349 e. The molecule has 1 fully saturated rings. The SMILES string of the molecule is O=C(N[C@@H]1CCCC[C@H]1c1c(F)cccc1F)c1c(F)cccc1F. The van der Waals surface area contributed by atoms with Crippen LogP contribution in [0.4, 0.5) is 17.6 Å². The van der Waals surface area contributed by atoms with Crippen molar-refractivity contribution in [3.05, 3.63) is 70.8 Å². The van der Waals surface area contributed by atoms with Gasteiger partial charge in [0.05, 0.1) is 0 Å². The van der Waals surface area contributed by atoms with E-state index in [0.717, 1.165) is 25.0 Å². The van der Waals surface area contributed by atoms with E-state index in [1.807, 2.05) is 0 Å². The normalized spacial score (nSPS) is 20.3. The molecule has 1 aliphatic carbocycles. The van der Waals surface area contributed by atoms with Crippen molar-refractivity contribution in [3.63, 3.8) is 0 Å². The van der Waals surface area contributed by atoms with Gasteiger partial charge in [0.1, 0.15) is 28.8 Å². The fourth-order valence-corrected chi connectivity index (χ4v) is 3.47. The molecule has 0 saturated heterocycles. The zero-order chi connectivity index (χ0) is 18.0. The van der Waals surface area contributed by atoms with Gasteiger partial charge in [-0.05, 0) is 37.1 Å². The molecule has 0 bridgehead atoms. The molecule has 1 saturated carbocycles. The van der Waals surface area contributed by atoms with E-state index in [4.69, 9.17) is 0 Å². The Bertz CT molecular complexity index is 752. The first-order valence-corrected chi connectivity index (χ1v) is 8.18. The number of halogens is 4. The van der Waals surface area contributed by atoms with E-state index in [1.165, 1.54) is 24.3 Å². The van der Waals surface area contributed by atoms with Gasteiger partial charge in [-0.2, -0.15) is 0 Å². The molecule has 132 valence electrons. The smallest absolute Gasteiger partial charge is 0.257 e. The zero-order valence-corrected chi connectivity index (χ0v) is 13.4. The first-order valence-electron chi connectivity index (χ1n) is 8.18. The topological polar surface area (TPSA) is 29.1 Å². The van der Waals surface area contributed by atoms with Crippen molar-refractivity contribution in [2.45, 2.75) is 37.6 Å². The molecule has 0 spiro atoms. The number of rotatable bonds is 3. The lowest BCUT2D eigenvalue weighted by Gasteiger charge is -2.33. The highest BCUT2D eigenvalue weighted by Gasteiger charge is 2.32. The summed E-state index contributed by atoms with van der Waals surface area (Å²) in [5.41, 5.74) is -0.762. The molecule has 2 aromatic rings. The first kappa shape index (κ1) is 17.5. The number of amides is 1. The van der Waals surface area contributed by atoms with Crippen LogP contribution in [0.25, 0.3) is 0 Å². The van der Waals surface area contributed by atoms with Gasteiger partial charge in [0.25, 0.3) is 5.91 Å². The van der Waals surface area contributed by atoms with Crippen LogP contribution in [0.3, 0.4) is 0 Å². The molecule has 3 rings (SSSR count). The molecule has 25 heavy (non-hydrogen) atoms. The van der Waals surface area contributed by atoms with Crippen molar-refractivity contribution in [1.29, 1.82) is 0 Å². The third-order valence-corrected chi connectivity index (χ3v) is 4.64. The Morgan fingerprint density at radius 2 is 1.36 bits per heavy atom. The maximum absolute atomic E-state index is 14.1. The molecule has 1 N–H and O–H groups in total. The molecule has 2 atom stereocenters. The van der Waals surface area contributed by atoms with E-state index in [0.29, 0.717) is 12.8 Å². The summed E-state index contributed by atoms with van der Waals surface area (Å²) in [7, 11) is 0. The average Bonchev–Trinajstić information content (AvgIpc) is 2.56. The summed E-state index contributed by atoms with van der Waals surface area (Å²) in [6.07, 6.45) is 2.50. The maximum atomic E-state index is 14.1. The van der Waals surface area contributed by atoms with E-state index >= 15 is 0 Å². The minimum absolute atomic E-state index is 0.0819. The molecule has 0 aliphatic heterocycles. The van der Waals surface area contributed by atoms with Crippen molar-refractivity contribution >= 4 is 5.91 Å². The van der Waals surface area contributed by atoms with Gasteiger partial charge in [-0.15, -0.1) is 0 Å². The highest BCUT2D eigenvalue weighted by atomic mass is 19.1. The Morgan fingerprint density at radius 1 is 0.840 bits per heavy atom. The monoisotopic (exact) mass is 351 g/mol. The van der Waals surface area contributed by atoms with Crippen LogP contribution in [0, 0.1) is 23.3 Å². The summed E-state index contributed by atoms with van der Waals surface area (Å²) in [5.74, 6) is -4.78. The summed E-state index contributed by atoms with van der Waals surface area (Å²) >= 11 is 0. The van der Waals surface area contributed by atoms with Crippen molar-refractivity contribution in [2.75, 3.05) is 0 Å². The van der Waals surface area contributed by atoms with Crippen LogP contribution in [0.5, 0.6) is 0 Å². The predicted molar refractivity (Wildman–Crippen MR) is 85.2 cm³/mol. The lowest BCUT2D eigenvalue weighted by molar-refractivity contribution is 0.0911. The zero-order valence-electron chi connectivity index (χ0n) is 13.4. The van der Waals surface area contributed by atoms with Gasteiger partial charge < -0.3 is 5.32 Å². The highest BCUT2D eigenvalue weighted by molar-refractivity contribution is 5.95.